The number of aliphatic hydroxyl groups excluding tert-OH is 3. The number of hydrogen-bond acceptors (Lipinski definition) is 10. The van der Waals surface area contributed by atoms with Crippen molar-refractivity contribution in [1.82, 2.24) is 0 Å². The van der Waals surface area contributed by atoms with E-state index in [-0.39, 0.29) is 26.1 Å². The SMILES string of the molecule is CCCCCCCCCC/C=C\CCCCCCCCCCCC(=O)OCC(COC1OC(C(=O)O)C(O)C(O)C1O)OC(=O)CCCCCCCCCCCCCCCCCCCCCCC. The summed E-state index contributed by atoms with van der Waals surface area (Å²) in [6.07, 6.45) is 45.5. The Kier molecular flexibility index (Phi) is 44.5. The third kappa shape index (κ3) is 37.7. The lowest BCUT2D eigenvalue weighted by atomic mass is 9.99. The standard InChI is InChI=1S/C57H106O11/c1-3-5-7-9-11-13-15-17-19-21-23-25-27-29-31-33-35-37-39-41-43-45-50(58)65-47-49(48-66-57-54(62)52(60)53(61)55(68-57)56(63)64)67-51(59)46-44-42-40-38-36-34-32-30-28-26-24-22-20-18-16-14-12-10-8-6-4-2/h21,23,49,52-55,57,60-62H,3-20,22,24-48H2,1-2H3,(H,63,64)/b23-21-. The van der Waals surface area contributed by atoms with Crippen molar-refractivity contribution in [3.8, 4) is 0 Å². The first-order chi connectivity index (χ1) is 33.2. The first-order valence-corrected chi connectivity index (χ1v) is 28.7. The van der Waals surface area contributed by atoms with Gasteiger partial charge >= 0.3 is 17.9 Å². The van der Waals surface area contributed by atoms with Crippen LogP contribution in [0.5, 0.6) is 0 Å². The van der Waals surface area contributed by atoms with Crippen LogP contribution in [0.1, 0.15) is 284 Å². The second-order valence-electron chi connectivity index (χ2n) is 20.1. The lowest BCUT2D eigenvalue weighted by molar-refractivity contribution is -0.298. The minimum atomic E-state index is -1.86. The van der Waals surface area contributed by atoms with Crippen LogP contribution in [0, 0.1) is 0 Å². The second kappa shape index (κ2) is 47.3. The summed E-state index contributed by atoms with van der Waals surface area (Å²) >= 11 is 0. The maximum Gasteiger partial charge on any atom is 0.335 e. The Bertz CT molecular complexity index is 1180. The molecule has 400 valence electrons. The van der Waals surface area contributed by atoms with Crippen molar-refractivity contribution in [2.24, 2.45) is 0 Å². The van der Waals surface area contributed by atoms with E-state index in [9.17, 15) is 34.8 Å². The summed E-state index contributed by atoms with van der Waals surface area (Å²) < 4.78 is 21.9. The molecule has 0 radical (unpaired) electrons. The Balaban J connectivity index is 2.23. The summed E-state index contributed by atoms with van der Waals surface area (Å²) in [5.41, 5.74) is 0. The highest BCUT2D eigenvalue weighted by atomic mass is 16.7. The van der Waals surface area contributed by atoms with E-state index in [4.69, 9.17) is 18.9 Å². The van der Waals surface area contributed by atoms with Crippen LogP contribution in [0.2, 0.25) is 0 Å². The van der Waals surface area contributed by atoms with Gasteiger partial charge in [-0.1, -0.05) is 244 Å². The first kappa shape index (κ1) is 64.0. The van der Waals surface area contributed by atoms with Gasteiger partial charge in [0, 0.05) is 12.8 Å². The number of hydrogen-bond donors (Lipinski definition) is 4. The van der Waals surface area contributed by atoms with Crippen LogP contribution in [0.25, 0.3) is 0 Å². The lowest BCUT2D eigenvalue weighted by Gasteiger charge is -2.38. The van der Waals surface area contributed by atoms with E-state index in [0.717, 1.165) is 38.5 Å². The molecular formula is C57H106O11. The number of allylic oxidation sites excluding steroid dienone is 2. The van der Waals surface area contributed by atoms with E-state index in [1.807, 2.05) is 0 Å². The molecular weight excluding hydrogens is 861 g/mol. The summed E-state index contributed by atoms with van der Waals surface area (Å²) in [6.45, 7) is 3.88. The number of aliphatic carboxylic acids is 1. The predicted molar refractivity (Wildman–Crippen MR) is 276 cm³/mol. The molecule has 1 saturated heterocycles. The first-order valence-electron chi connectivity index (χ1n) is 28.7. The molecule has 4 N–H and O–H groups in total. The van der Waals surface area contributed by atoms with Gasteiger partial charge in [0.05, 0.1) is 6.61 Å². The van der Waals surface area contributed by atoms with Gasteiger partial charge in [-0.2, -0.15) is 0 Å². The van der Waals surface area contributed by atoms with Gasteiger partial charge in [0.1, 0.15) is 24.9 Å². The smallest absolute Gasteiger partial charge is 0.335 e. The molecule has 0 saturated carbocycles. The molecule has 6 unspecified atom stereocenters. The number of rotatable bonds is 50. The van der Waals surface area contributed by atoms with Gasteiger partial charge in [0.15, 0.2) is 18.5 Å². The number of carboxylic acid groups (broad SMARTS) is 1. The largest absolute Gasteiger partial charge is 0.479 e. The summed E-state index contributed by atoms with van der Waals surface area (Å²) in [6, 6.07) is 0. The zero-order valence-corrected chi connectivity index (χ0v) is 43.9. The molecule has 0 aliphatic carbocycles. The van der Waals surface area contributed by atoms with Crippen LogP contribution in [0.3, 0.4) is 0 Å². The molecule has 1 heterocycles. The van der Waals surface area contributed by atoms with Crippen molar-refractivity contribution in [2.45, 2.75) is 320 Å². The number of carbonyl (C=O) groups is 3. The zero-order valence-electron chi connectivity index (χ0n) is 43.9. The molecule has 0 bridgehead atoms. The van der Waals surface area contributed by atoms with Crippen LogP contribution >= 0.6 is 0 Å². The quantitative estimate of drug-likeness (QED) is 0.0260. The average Bonchev–Trinajstić information content (AvgIpc) is 3.32. The Labute approximate surface area is 416 Å². The van der Waals surface area contributed by atoms with Gasteiger partial charge < -0.3 is 39.4 Å². The molecule has 0 spiro atoms. The van der Waals surface area contributed by atoms with Crippen molar-refractivity contribution >= 4 is 17.9 Å². The zero-order chi connectivity index (χ0) is 49.6. The van der Waals surface area contributed by atoms with Gasteiger partial charge in [0.2, 0.25) is 0 Å². The van der Waals surface area contributed by atoms with Crippen LogP contribution in [0.15, 0.2) is 12.2 Å². The molecule has 0 aromatic carbocycles. The molecule has 11 heteroatoms. The van der Waals surface area contributed by atoms with Crippen molar-refractivity contribution in [3.05, 3.63) is 12.2 Å². The molecule has 0 aromatic heterocycles. The number of ether oxygens (including phenoxy) is 4. The Morgan fingerprint density at radius 1 is 0.441 bits per heavy atom. The third-order valence-electron chi connectivity index (χ3n) is 13.6. The van der Waals surface area contributed by atoms with Crippen LogP contribution in [-0.2, 0) is 33.3 Å². The van der Waals surface area contributed by atoms with Crippen LogP contribution in [-0.4, -0.2) is 88.4 Å². The third-order valence-corrected chi connectivity index (χ3v) is 13.6. The normalized spacial score (nSPS) is 18.9. The summed E-state index contributed by atoms with van der Waals surface area (Å²) in [7, 11) is 0. The fourth-order valence-electron chi connectivity index (χ4n) is 9.11. The van der Waals surface area contributed by atoms with E-state index in [1.165, 1.54) is 205 Å². The van der Waals surface area contributed by atoms with E-state index in [1.54, 1.807) is 0 Å². The number of carboxylic acids is 1. The molecule has 1 rings (SSSR count). The van der Waals surface area contributed by atoms with E-state index < -0.39 is 54.7 Å². The maximum absolute atomic E-state index is 12.9. The fraction of sp³-hybridized carbons (Fsp3) is 0.912. The van der Waals surface area contributed by atoms with Gasteiger partial charge in [-0.15, -0.1) is 0 Å². The highest BCUT2D eigenvalue weighted by Crippen LogP contribution is 2.23. The van der Waals surface area contributed by atoms with Crippen molar-refractivity contribution < 1.29 is 53.8 Å². The minimum Gasteiger partial charge on any atom is -0.479 e. The second-order valence-corrected chi connectivity index (χ2v) is 20.1. The lowest BCUT2D eigenvalue weighted by Crippen LogP contribution is -2.60. The molecule has 68 heavy (non-hydrogen) atoms. The predicted octanol–water partition coefficient (Wildman–Crippen LogP) is 14.3. The Morgan fingerprint density at radius 3 is 1.15 bits per heavy atom. The molecule has 1 aliphatic heterocycles. The van der Waals surface area contributed by atoms with Crippen molar-refractivity contribution in [2.75, 3.05) is 13.2 Å². The number of carbonyl (C=O) groups excluding carboxylic acids is 2. The summed E-state index contributed by atoms with van der Waals surface area (Å²) in [5, 5.41) is 40.0. The number of esters is 2. The van der Waals surface area contributed by atoms with Gasteiger partial charge in [0.25, 0.3) is 0 Å². The summed E-state index contributed by atoms with van der Waals surface area (Å²) in [5.74, 6) is -2.42. The topological polar surface area (TPSA) is 169 Å². The van der Waals surface area contributed by atoms with E-state index >= 15 is 0 Å². The maximum atomic E-state index is 12.9. The van der Waals surface area contributed by atoms with Crippen molar-refractivity contribution in [1.29, 1.82) is 0 Å². The molecule has 6 atom stereocenters. The highest BCUT2D eigenvalue weighted by Gasteiger charge is 2.47. The van der Waals surface area contributed by atoms with Crippen LogP contribution < -0.4 is 0 Å². The van der Waals surface area contributed by atoms with Gasteiger partial charge in [-0.25, -0.2) is 4.79 Å². The number of aliphatic hydroxyl groups is 3. The molecule has 1 aliphatic rings. The Hall–Kier alpha value is -2.05. The highest BCUT2D eigenvalue weighted by molar-refractivity contribution is 5.73. The summed E-state index contributed by atoms with van der Waals surface area (Å²) in [4.78, 5) is 37.1. The van der Waals surface area contributed by atoms with E-state index in [0.29, 0.717) is 12.8 Å². The Morgan fingerprint density at radius 2 is 0.779 bits per heavy atom. The average molecular weight is 967 g/mol. The van der Waals surface area contributed by atoms with Gasteiger partial charge in [-0.3, -0.25) is 9.59 Å². The monoisotopic (exact) mass is 967 g/mol. The molecule has 0 amide bonds. The molecule has 11 nitrogen and oxygen atoms in total. The fourth-order valence-corrected chi connectivity index (χ4v) is 9.11. The van der Waals surface area contributed by atoms with Crippen LogP contribution in [0.4, 0.5) is 0 Å². The van der Waals surface area contributed by atoms with Crippen molar-refractivity contribution in [3.63, 3.8) is 0 Å². The van der Waals surface area contributed by atoms with E-state index in [2.05, 4.69) is 26.0 Å². The number of unbranched alkanes of at least 4 members (excludes halogenated alkanes) is 37. The molecule has 0 aromatic rings. The minimum absolute atomic E-state index is 0.189. The molecule has 1 fully saturated rings. The van der Waals surface area contributed by atoms with Gasteiger partial charge in [-0.05, 0) is 38.5 Å².